The van der Waals surface area contributed by atoms with Gasteiger partial charge in [-0.1, -0.05) is 36.9 Å². The molecule has 0 saturated heterocycles. The molecule has 3 aromatic rings. The number of nitrogens with zero attached hydrogens (tertiary/aromatic N) is 2. The predicted molar refractivity (Wildman–Crippen MR) is 88.3 cm³/mol. The Labute approximate surface area is 129 Å². The number of aromatic nitrogens is 2. The van der Waals surface area contributed by atoms with Crippen LogP contribution in [-0.2, 0) is 6.61 Å². The zero-order chi connectivity index (χ0) is 15.2. The summed E-state index contributed by atoms with van der Waals surface area (Å²) >= 11 is 0. The van der Waals surface area contributed by atoms with Crippen molar-refractivity contribution in [1.82, 2.24) is 9.55 Å². The van der Waals surface area contributed by atoms with Crippen LogP contribution in [0.15, 0.2) is 79.4 Å². The molecule has 22 heavy (non-hydrogen) atoms. The van der Waals surface area contributed by atoms with Crippen LogP contribution in [0.4, 0.5) is 0 Å². The molecule has 0 aliphatic rings. The third-order valence-electron chi connectivity index (χ3n) is 3.29. The number of hydrogen-bond acceptors (Lipinski definition) is 2. The van der Waals surface area contributed by atoms with Crippen LogP contribution in [-0.4, -0.2) is 9.55 Å². The monoisotopic (exact) mass is 288 g/mol. The van der Waals surface area contributed by atoms with Crippen molar-refractivity contribution in [2.75, 3.05) is 0 Å². The molecule has 0 aliphatic carbocycles. The Morgan fingerprint density at radius 3 is 2.59 bits per heavy atom. The SMILES string of the molecule is C=C=Cn1cncc1-c1ccc(OCc2ccccc2)cc1. The van der Waals surface area contributed by atoms with Gasteiger partial charge in [-0.05, 0) is 29.8 Å². The summed E-state index contributed by atoms with van der Waals surface area (Å²) in [5, 5.41) is 0. The van der Waals surface area contributed by atoms with Crippen LogP contribution >= 0.6 is 0 Å². The molecule has 0 aliphatic heterocycles. The lowest BCUT2D eigenvalue weighted by atomic mass is 10.1. The van der Waals surface area contributed by atoms with Crippen molar-refractivity contribution >= 4 is 6.20 Å². The fourth-order valence-corrected chi connectivity index (χ4v) is 2.19. The Hall–Kier alpha value is -3.03. The molecule has 0 saturated carbocycles. The lowest BCUT2D eigenvalue weighted by molar-refractivity contribution is 0.306. The van der Waals surface area contributed by atoms with Gasteiger partial charge in [0.2, 0.25) is 0 Å². The number of imidazole rings is 1. The molecule has 0 radical (unpaired) electrons. The van der Waals surface area contributed by atoms with Gasteiger partial charge in [-0.15, -0.1) is 5.73 Å². The highest BCUT2D eigenvalue weighted by Crippen LogP contribution is 2.23. The van der Waals surface area contributed by atoms with Gasteiger partial charge < -0.3 is 4.74 Å². The van der Waals surface area contributed by atoms with Crippen molar-refractivity contribution in [3.05, 3.63) is 85.0 Å². The Bertz CT molecular complexity index is 782. The molecule has 0 spiro atoms. The third-order valence-corrected chi connectivity index (χ3v) is 3.29. The number of benzene rings is 2. The number of rotatable bonds is 5. The maximum absolute atomic E-state index is 5.79. The minimum atomic E-state index is 0.567. The zero-order valence-corrected chi connectivity index (χ0v) is 12.1. The molecule has 1 heterocycles. The van der Waals surface area contributed by atoms with E-state index >= 15 is 0 Å². The molecular weight excluding hydrogens is 272 g/mol. The molecule has 3 heteroatoms. The van der Waals surface area contributed by atoms with E-state index in [0.29, 0.717) is 6.61 Å². The molecule has 3 nitrogen and oxygen atoms in total. The molecule has 0 amide bonds. The van der Waals surface area contributed by atoms with Gasteiger partial charge in [0.1, 0.15) is 12.4 Å². The fourth-order valence-electron chi connectivity index (χ4n) is 2.19. The van der Waals surface area contributed by atoms with Gasteiger partial charge in [0.15, 0.2) is 0 Å². The van der Waals surface area contributed by atoms with Crippen LogP contribution in [0.1, 0.15) is 5.56 Å². The van der Waals surface area contributed by atoms with E-state index in [9.17, 15) is 0 Å². The average molecular weight is 288 g/mol. The van der Waals surface area contributed by atoms with Gasteiger partial charge in [-0.2, -0.15) is 0 Å². The first-order chi connectivity index (χ1) is 10.9. The highest BCUT2D eigenvalue weighted by Gasteiger charge is 2.03. The van der Waals surface area contributed by atoms with E-state index in [2.05, 4.69) is 29.4 Å². The first-order valence-corrected chi connectivity index (χ1v) is 7.02. The summed E-state index contributed by atoms with van der Waals surface area (Å²) in [7, 11) is 0. The summed E-state index contributed by atoms with van der Waals surface area (Å²) in [5.74, 6) is 0.845. The molecule has 0 N–H and O–H groups in total. The predicted octanol–water partition coefficient (Wildman–Crippen LogP) is 4.38. The van der Waals surface area contributed by atoms with Crippen molar-refractivity contribution in [2.24, 2.45) is 0 Å². The van der Waals surface area contributed by atoms with Gasteiger partial charge in [0.25, 0.3) is 0 Å². The Kier molecular flexibility index (Phi) is 4.19. The van der Waals surface area contributed by atoms with Crippen molar-refractivity contribution in [3.8, 4) is 17.0 Å². The number of hydrogen-bond donors (Lipinski definition) is 0. The molecule has 0 atom stereocenters. The largest absolute Gasteiger partial charge is 0.489 e. The number of ether oxygens (including phenoxy) is 1. The van der Waals surface area contributed by atoms with Crippen LogP contribution in [0.5, 0.6) is 5.75 Å². The molecule has 0 unspecified atom stereocenters. The quantitative estimate of drug-likeness (QED) is 0.651. The van der Waals surface area contributed by atoms with Crippen molar-refractivity contribution in [1.29, 1.82) is 0 Å². The zero-order valence-electron chi connectivity index (χ0n) is 12.1. The minimum absolute atomic E-state index is 0.567. The van der Waals surface area contributed by atoms with Gasteiger partial charge in [0, 0.05) is 5.56 Å². The fraction of sp³-hybridized carbons (Fsp3) is 0.0526. The third kappa shape index (κ3) is 3.17. The summed E-state index contributed by atoms with van der Waals surface area (Å²) in [6.45, 7) is 4.16. The van der Waals surface area contributed by atoms with Crippen LogP contribution in [0.25, 0.3) is 17.5 Å². The lowest BCUT2D eigenvalue weighted by Gasteiger charge is -2.07. The van der Waals surface area contributed by atoms with Crippen LogP contribution in [0.2, 0.25) is 0 Å². The van der Waals surface area contributed by atoms with E-state index in [1.807, 2.05) is 53.2 Å². The van der Waals surface area contributed by atoms with E-state index in [-0.39, 0.29) is 0 Å². The van der Waals surface area contributed by atoms with Gasteiger partial charge in [0.05, 0.1) is 24.4 Å². The van der Waals surface area contributed by atoms with Gasteiger partial charge in [-0.25, -0.2) is 4.98 Å². The highest BCUT2D eigenvalue weighted by molar-refractivity contribution is 5.62. The molecule has 0 bridgehead atoms. The van der Waals surface area contributed by atoms with Crippen LogP contribution in [0.3, 0.4) is 0 Å². The Morgan fingerprint density at radius 2 is 1.86 bits per heavy atom. The summed E-state index contributed by atoms with van der Waals surface area (Å²) in [6.07, 6.45) is 5.29. The van der Waals surface area contributed by atoms with E-state index in [4.69, 9.17) is 4.74 Å². The average Bonchev–Trinajstić information content (AvgIpc) is 3.03. The summed E-state index contributed by atoms with van der Waals surface area (Å²) in [6, 6.07) is 18.1. The highest BCUT2D eigenvalue weighted by atomic mass is 16.5. The lowest BCUT2D eigenvalue weighted by Crippen LogP contribution is -1.95. The molecule has 1 aromatic heterocycles. The second-order valence-corrected chi connectivity index (χ2v) is 4.82. The second-order valence-electron chi connectivity index (χ2n) is 4.82. The molecular formula is C19H16N2O. The molecule has 3 rings (SSSR count). The Morgan fingerprint density at radius 1 is 1.09 bits per heavy atom. The van der Waals surface area contributed by atoms with E-state index in [1.54, 1.807) is 12.5 Å². The van der Waals surface area contributed by atoms with Gasteiger partial charge in [-0.3, -0.25) is 4.57 Å². The van der Waals surface area contributed by atoms with E-state index < -0.39 is 0 Å². The van der Waals surface area contributed by atoms with Crippen molar-refractivity contribution in [3.63, 3.8) is 0 Å². The maximum atomic E-state index is 5.79. The molecule has 2 aromatic carbocycles. The summed E-state index contributed by atoms with van der Waals surface area (Å²) in [5.41, 5.74) is 5.96. The Balaban J connectivity index is 1.72. The van der Waals surface area contributed by atoms with E-state index in [1.165, 1.54) is 0 Å². The topological polar surface area (TPSA) is 27.1 Å². The van der Waals surface area contributed by atoms with Crippen molar-refractivity contribution in [2.45, 2.75) is 6.61 Å². The maximum Gasteiger partial charge on any atom is 0.119 e. The second kappa shape index (κ2) is 6.61. The minimum Gasteiger partial charge on any atom is -0.489 e. The van der Waals surface area contributed by atoms with Crippen molar-refractivity contribution < 1.29 is 4.74 Å². The first kappa shape index (κ1) is 13.9. The van der Waals surface area contributed by atoms with Crippen LogP contribution in [0, 0.1) is 0 Å². The summed E-state index contributed by atoms with van der Waals surface area (Å²) in [4.78, 5) is 4.15. The molecule has 108 valence electrons. The van der Waals surface area contributed by atoms with Gasteiger partial charge >= 0.3 is 0 Å². The smallest absolute Gasteiger partial charge is 0.119 e. The summed E-state index contributed by atoms with van der Waals surface area (Å²) < 4.78 is 7.67. The normalized spacial score (nSPS) is 10.0. The standard InChI is InChI=1S/C19H16N2O/c1-2-12-21-15-20-13-19(21)17-8-10-18(11-9-17)22-14-16-6-4-3-5-7-16/h3-13,15H,1,14H2. The first-order valence-electron chi connectivity index (χ1n) is 7.02. The molecule has 0 fully saturated rings. The van der Waals surface area contributed by atoms with E-state index in [0.717, 1.165) is 22.6 Å². The van der Waals surface area contributed by atoms with Crippen LogP contribution < -0.4 is 4.74 Å².